The number of nitrogens with two attached hydrogens (primary N) is 2. The molecule has 0 bridgehead atoms. The average molecular weight is 238 g/mol. The predicted molar refractivity (Wildman–Crippen MR) is 70.8 cm³/mol. The Kier molecular flexibility index (Phi) is 5.82. The van der Waals surface area contributed by atoms with Crippen molar-refractivity contribution in [2.75, 3.05) is 6.61 Å². The third-order valence-corrected chi connectivity index (χ3v) is 2.54. The van der Waals surface area contributed by atoms with Crippen molar-refractivity contribution in [3.05, 3.63) is 35.2 Å². The Hall–Kier alpha value is -1.13. The molecule has 0 spiro atoms. The first-order chi connectivity index (χ1) is 7.77. The van der Waals surface area contributed by atoms with E-state index in [-0.39, 0.29) is 0 Å². The maximum atomic E-state index is 5.80. The van der Waals surface area contributed by atoms with Crippen LogP contribution in [0.2, 0.25) is 0 Å². The second kappa shape index (κ2) is 7.19. The van der Waals surface area contributed by atoms with Crippen LogP contribution in [-0.4, -0.2) is 6.61 Å². The minimum atomic E-state index is 0.674. The summed E-state index contributed by atoms with van der Waals surface area (Å²) in [7, 11) is 0. The summed E-state index contributed by atoms with van der Waals surface area (Å²) in [4.78, 5) is 0. The van der Waals surface area contributed by atoms with Crippen LogP contribution < -0.4 is 15.6 Å². The van der Waals surface area contributed by atoms with Gasteiger partial charge in [0, 0.05) is 11.1 Å². The quantitative estimate of drug-likeness (QED) is 0.591. The van der Waals surface area contributed by atoms with Crippen LogP contribution in [0.15, 0.2) is 29.7 Å². The number of unbranched alkanes of at least 4 members (excludes halogenated alkanes) is 1. The molecule has 0 aromatic heterocycles. The molecular formula is C12H18N2OS. The van der Waals surface area contributed by atoms with E-state index < -0.39 is 0 Å². The molecule has 88 valence electrons. The van der Waals surface area contributed by atoms with Gasteiger partial charge in [0.05, 0.1) is 6.61 Å². The first-order valence-corrected chi connectivity index (χ1v) is 6.26. The van der Waals surface area contributed by atoms with E-state index in [4.69, 9.17) is 15.6 Å². The van der Waals surface area contributed by atoms with Gasteiger partial charge in [0.1, 0.15) is 5.75 Å². The normalized spacial score (nSPS) is 11.5. The van der Waals surface area contributed by atoms with Gasteiger partial charge in [-0.1, -0.05) is 25.3 Å². The Labute approximate surface area is 101 Å². The van der Waals surface area contributed by atoms with E-state index >= 15 is 0 Å². The van der Waals surface area contributed by atoms with Crippen LogP contribution in [0.3, 0.4) is 0 Å². The highest BCUT2D eigenvalue weighted by Crippen LogP contribution is 2.17. The number of benzene rings is 1. The maximum Gasteiger partial charge on any atom is 0.119 e. The minimum Gasteiger partial charge on any atom is -0.494 e. The van der Waals surface area contributed by atoms with Crippen LogP contribution in [-0.2, 0) is 0 Å². The molecule has 0 atom stereocenters. The molecule has 0 radical (unpaired) electrons. The topological polar surface area (TPSA) is 61.3 Å². The SMILES string of the molecule is CCCCOc1ccc(/C(N)=C/SN)cc1. The summed E-state index contributed by atoms with van der Waals surface area (Å²) in [5.41, 5.74) is 7.43. The third-order valence-electron chi connectivity index (χ3n) is 2.15. The summed E-state index contributed by atoms with van der Waals surface area (Å²) in [6.45, 7) is 2.91. The standard InChI is InChI=1S/C12H18N2OS/c1-2-3-8-15-11-6-4-10(5-7-11)12(13)9-16-14/h4-7,9H,2-3,8,13-14H2,1H3/b12-9-. The zero-order valence-electron chi connectivity index (χ0n) is 9.48. The molecule has 1 aromatic carbocycles. The Balaban J connectivity index is 2.57. The van der Waals surface area contributed by atoms with Crippen molar-refractivity contribution in [3.63, 3.8) is 0 Å². The van der Waals surface area contributed by atoms with E-state index in [0.717, 1.165) is 42.7 Å². The van der Waals surface area contributed by atoms with Gasteiger partial charge in [-0.25, -0.2) is 0 Å². The van der Waals surface area contributed by atoms with E-state index in [2.05, 4.69) is 6.92 Å². The molecule has 4 N–H and O–H groups in total. The van der Waals surface area contributed by atoms with Gasteiger partial charge < -0.3 is 10.5 Å². The van der Waals surface area contributed by atoms with Crippen LogP contribution in [0.4, 0.5) is 0 Å². The van der Waals surface area contributed by atoms with Gasteiger partial charge in [0.15, 0.2) is 0 Å². The highest BCUT2D eigenvalue weighted by Gasteiger charge is 1.97. The molecule has 0 aliphatic heterocycles. The van der Waals surface area contributed by atoms with Crippen LogP contribution in [0, 0.1) is 0 Å². The molecule has 1 rings (SSSR count). The summed E-state index contributed by atoms with van der Waals surface area (Å²) in [6.07, 6.45) is 2.22. The van der Waals surface area contributed by atoms with Crippen LogP contribution in [0.1, 0.15) is 25.3 Å². The third kappa shape index (κ3) is 4.16. The minimum absolute atomic E-state index is 0.674. The summed E-state index contributed by atoms with van der Waals surface area (Å²) < 4.78 is 5.55. The highest BCUT2D eigenvalue weighted by molar-refractivity contribution is 8.00. The molecule has 0 fully saturated rings. The van der Waals surface area contributed by atoms with Gasteiger partial charge in [-0.15, -0.1) is 0 Å². The number of ether oxygens (including phenoxy) is 1. The molecule has 4 heteroatoms. The van der Waals surface area contributed by atoms with Crippen molar-refractivity contribution in [2.45, 2.75) is 19.8 Å². The number of hydrogen-bond donors (Lipinski definition) is 2. The Bertz CT molecular complexity index is 335. The largest absolute Gasteiger partial charge is 0.494 e. The van der Waals surface area contributed by atoms with Gasteiger partial charge in [-0.05, 0) is 36.2 Å². The van der Waals surface area contributed by atoms with Crippen molar-refractivity contribution in [1.82, 2.24) is 0 Å². The van der Waals surface area contributed by atoms with Crippen molar-refractivity contribution in [3.8, 4) is 5.75 Å². The van der Waals surface area contributed by atoms with Crippen molar-refractivity contribution in [2.24, 2.45) is 10.9 Å². The van der Waals surface area contributed by atoms with Crippen molar-refractivity contribution in [1.29, 1.82) is 0 Å². The number of hydrogen-bond acceptors (Lipinski definition) is 4. The molecule has 1 aromatic rings. The second-order valence-corrected chi connectivity index (χ2v) is 3.94. The first kappa shape index (κ1) is 12.9. The summed E-state index contributed by atoms with van der Waals surface area (Å²) >= 11 is 1.11. The molecule has 0 amide bonds. The van der Waals surface area contributed by atoms with E-state index in [1.807, 2.05) is 24.3 Å². The second-order valence-electron chi connectivity index (χ2n) is 3.44. The van der Waals surface area contributed by atoms with Gasteiger partial charge in [0.2, 0.25) is 0 Å². The fourth-order valence-electron chi connectivity index (χ4n) is 1.22. The molecular weight excluding hydrogens is 220 g/mol. The lowest BCUT2D eigenvalue weighted by Gasteiger charge is -2.06. The summed E-state index contributed by atoms with van der Waals surface area (Å²) in [6, 6.07) is 7.71. The highest BCUT2D eigenvalue weighted by atomic mass is 32.2. The zero-order valence-corrected chi connectivity index (χ0v) is 10.3. The summed E-state index contributed by atoms with van der Waals surface area (Å²) in [5, 5.41) is 7.03. The lowest BCUT2D eigenvalue weighted by molar-refractivity contribution is 0.309. The Morgan fingerprint density at radius 2 is 2.06 bits per heavy atom. The molecule has 0 aliphatic rings. The van der Waals surface area contributed by atoms with E-state index in [1.54, 1.807) is 5.41 Å². The van der Waals surface area contributed by atoms with Crippen LogP contribution in [0.25, 0.3) is 5.70 Å². The first-order valence-electron chi connectivity index (χ1n) is 5.32. The fraction of sp³-hybridized carbons (Fsp3) is 0.333. The van der Waals surface area contributed by atoms with Gasteiger partial charge >= 0.3 is 0 Å². The monoisotopic (exact) mass is 238 g/mol. The van der Waals surface area contributed by atoms with Crippen molar-refractivity contribution < 1.29 is 4.74 Å². The summed E-state index contributed by atoms with van der Waals surface area (Å²) in [5.74, 6) is 0.880. The van der Waals surface area contributed by atoms with Gasteiger partial charge in [-0.3, -0.25) is 5.14 Å². The lowest BCUT2D eigenvalue weighted by Crippen LogP contribution is -1.98. The molecule has 16 heavy (non-hydrogen) atoms. The predicted octanol–water partition coefficient (Wildman–Crippen LogP) is 2.73. The molecule has 0 heterocycles. The van der Waals surface area contributed by atoms with Crippen LogP contribution in [0.5, 0.6) is 5.75 Å². The Morgan fingerprint density at radius 1 is 1.38 bits per heavy atom. The molecule has 3 nitrogen and oxygen atoms in total. The average Bonchev–Trinajstić information content (AvgIpc) is 2.30. The maximum absolute atomic E-state index is 5.80. The fourth-order valence-corrected chi connectivity index (χ4v) is 1.50. The van der Waals surface area contributed by atoms with Gasteiger partial charge in [-0.2, -0.15) is 0 Å². The smallest absolute Gasteiger partial charge is 0.119 e. The number of rotatable bonds is 6. The van der Waals surface area contributed by atoms with Gasteiger partial charge in [0.25, 0.3) is 0 Å². The lowest BCUT2D eigenvalue weighted by atomic mass is 10.2. The van der Waals surface area contributed by atoms with E-state index in [0.29, 0.717) is 5.70 Å². The molecule has 0 aliphatic carbocycles. The molecule has 0 saturated carbocycles. The van der Waals surface area contributed by atoms with Crippen molar-refractivity contribution >= 4 is 17.6 Å². The van der Waals surface area contributed by atoms with Crippen LogP contribution >= 0.6 is 11.9 Å². The van der Waals surface area contributed by atoms with E-state index in [9.17, 15) is 0 Å². The Morgan fingerprint density at radius 3 is 2.62 bits per heavy atom. The van der Waals surface area contributed by atoms with E-state index in [1.165, 1.54) is 0 Å². The zero-order chi connectivity index (χ0) is 11.8. The molecule has 0 saturated heterocycles. The molecule has 0 unspecified atom stereocenters.